The third-order valence-electron chi connectivity index (χ3n) is 5.22. The molecule has 148 valence electrons. The zero-order chi connectivity index (χ0) is 20.1. The van der Waals surface area contributed by atoms with E-state index < -0.39 is 0 Å². The summed E-state index contributed by atoms with van der Waals surface area (Å²) in [6.45, 7) is 1.90. The standard InChI is InChI=1S/C23H26O5/c1-15-13-19(28-18-5-3-4-6-18)9-10-20(15)23(26)17-7-11-21(24)16(14-17)8-12-22(25)27-2/h7,9-11,13-14,18,24H,3-6,8,12H2,1-2H3. The van der Waals surface area contributed by atoms with Gasteiger partial charge < -0.3 is 14.6 Å². The molecule has 0 unspecified atom stereocenters. The molecule has 5 heteroatoms. The van der Waals surface area contributed by atoms with Crippen LogP contribution in [0.5, 0.6) is 11.5 Å². The van der Waals surface area contributed by atoms with Crippen LogP contribution in [0.2, 0.25) is 0 Å². The van der Waals surface area contributed by atoms with E-state index >= 15 is 0 Å². The summed E-state index contributed by atoms with van der Waals surface area (Å²) in [4.78, 5) is 24.3. The minimum absolute atomic E-state index is 0.0671. The number of ketones is 1. The Kier molecular flexibility index (Phi) is 6.34. The van der Waals surface area contributed by atoms with Crippen LogP contribution in [-0.4, -0.2) is 30.1 Å². The maximum Gasteiger partial charge on any atom is 0.305 e. The van der Waals surface area contributed by atoms with Crippen LogP contribution >= 0.6 is 0 Å². The summed E-state index contributed by atoms with van der Waals surface area (Å²) >= 11 is 0. The van der Waals surface area contributed by atoms with Gasteiger partial charge in [0.25, 0.3) is 0 Å². The molecule has 0 aromatic heterocycles. The quantitative estimate of drug-likeness (QED) is 0.569. The van der Waals surface area contributed by atoms with Crippen LogP contribution in [0.25, 0.3) is 0 Å². The number of aromatic hydroxyl groups is 1. The van der Waals surface area contributed by atoms with Gasteiger partial charge in [0, 0.05) is 17.5 Å². The molecular formula is C23H26O5. The molecule has 2 aromatic rings. The van der Waals surface area contributed by atoms with E-state index in [-0.39, 0.29) is 30.0 Å². The SMILES string of the molecule is COC(=O)CCc1cc(C(=O)c2ccc(OC3CCCC3)cc2C)ccc1O. The zero-order valence-electron chi connectivity index (χ0n) is 16.4. The van der Waals surface area contributed by atoms with E-state index in [4.69, 9.17) is 4.74 Å². The van der Waals surface area contributed by atoms with E-state index in [0.29, 0.717) is 23.1 Å². The summed E-state index contributed by atoms with van der Waals surface area (Å²) in [5.41, 5.74) is 2.48. The molecule has 0 saturated heterocycles. The summed E-state index contributed by atoms with van der Waals surface area (Å²) in [7, 11) is 1.32. The second-order valence-electron chi connectivity index (χ2n) is 7.25. The number of carbonyl (C=O) groups is 2. The number of methoxy groups -OCH3 is 1. The second kappa shape index (κ2) is 8.91. The van der Waals surface area contributed by atoms with Crippen LogP contribution < -0.4 is 4.74 Å². The number of carbonyl (C=O) groups excluding carboxylic acids is 2. The Hall–Kier alpha value is -2.82. The minimum atomic E-state index is -0.357. The molecule has 28 heavy (non-hydrogen) atoms. The van der Waals surface area contributed by atoms with Crippen LogP contribution in [0.1, 0.15) is 59.2 Å². The van der Waals surface area contributed by atoms with E-state index in [9.17, 15) is 14.7 Å². The molecule has 0 amide bonds. The molecule has 2 aromatic carbocycles. The van der Waals surface area contributed by atoms with Gasteiger partial charge in [-0.2, -0.15) is 0 Å². The Morgan fingerprint density at radius 1 is 1.11 bits per heavy atom. The average molecular weight is 382 g/mol. The zero-order valence-corrected chi connectivity index (χ0v) is 16.4. The fraction of sp³-hybridized carbons (Fsp3) is 0.391. The summed E-state index contributed by atoms with van der Waals surface area (Å²) < 4.78 is 10.6. The van der Waals surface area contributed by atoms with Crippen molar-refractivity contribution in [3.8, 4) is 11.5 Å². The topological polar surface area (TPSA) is 72.8 Å². The van der Waals surface area contributed by atoms with Crippen molar-refractivity contribution < 1.29 is 24.2 Å². The summed E-state index contributed by atoms with van der Waals surface area (Å²) in [6, 6.07) is 10.3. The first-order chi connectivity index (χ1) is 13.5. The largest absolute Gasteiger partial charge is 0.508 e. The number of ether oxygens (including phenoxy) is 2. The maximum absolute atomic E-state index is 13.0. The highest BCUT2D eigenvalue weighted by atomic mass is 16.5. The third-order valence-corrected chi connectivity index (χ3v) is 5.22. The van der Waals surface area contributed by atoms with Crippen LogP contribution in [-0.2, 0) is 16.0 Å². The van der Waals surface area contributed by atoms with Gasteiger partial charge in [-0.25, -0.2) is 0 Å². The third kappa shape index (κ3) is 4.71. The highest BCUT2D eigenvalue weighted by Crippen LogP contribution is 2.27. The Balaban J connectivity index is 1.76. The Morgan fingerprint density at radius 3 is 2.54 bits per heavy atom. The van der Waals surface area contributed by atoms with Crippen molar-refractivity contribution in [1.29, 1.82) is 0 Å². The first-order valence-electron chi connectivity index (χ1n) is 9.68. The normalized spacial score (nSPS) is 14.1. The van der Waals surface area contributed by atoms with Crippen molar-refractivity contribution in [1.82, 2.24) is 0 Å². The fourth-order valence-corrected chi connectivity index (χ4v) is 3.58. The molecule has 5 nitrogen and oxygen atoms in total. The first kappa shape index (κ1) is 19.9. The molecule has 1 saturated carbocycles. The number of hydrogen-bond acceptors (Lipinski definition) is 5. The number of phenols is 1. The summed E-state index contributed by atoms with van der Waals surface area (Å²) in [5.74, 6) is 0.386. The summed E-state index contributed by atoms with van der Waals surface area (Å²) in [6.07, 6.45) is 5.32. The molecule has 1 N–H and O–H groups in total. The Labute approximate surface area is 165 Å². The molecule has 1 fully saturated rings. The fourth-order valence-electron chi connectivity index (χ4n) is 3.58. The lowest BCUT2D eigenvalue weighted by molar-refractivity contribution is -0.140. The molecule has 0 bridgehead atoms. The highest BCUT2D eigenvalue weighted by molar-refractivity contribution is 6.10. The first-order valence-corrected chi connectivity index (χ1v) is 9.68. The Bertz CT molecular complexity index is 865. The average Bonchev–Trinajstić information content (AvgIpc) is 3.19. The molecule has 0 aliphatic heterocycles. The van der Waals surface area contributed by atoms with Crippen molar-refractivity contribution in [3.63, 3.8) is 0 Å². The number of rotatable bonds is 7. The van der Waals surface area contributed by atoms with Crippen molar-refractivity contribution in [2.75, 3.05) is 7.11 Å². The molecule has 1 aliphatic carbocycles. The highest BCUT2D eigenvalue weighted by Gasteiger charge is 2.18. The number of esters is 1. The van der Waals surface area contributed by atoms with Crippen LogP contribution in [0.3, 0.4) is 0 Å². The van der Waals surface area contributed by atoms with Crippen molar-refractivity contribution in [2.24, 2.45) is 0 Å². The van der Waals surface area contributed by atoms with Crippen LogP contribution in [0, 0.1) is 6.92 Å². The van der Waals surface area contributed by atoms with Gasteiger partial charge in [0.05, 0.1) is 13.2 Å². The van der Waals surface area contributed by atoms with Crippen molar-refractivity contribution >= 4 is 11.8 Å². The molecule has 3 rings (SSSR count). The monoisotopic (exact) mass is 382 g/mol. The number of hydrogen-bond donors (Lipinski definition) is 1. The number of phenolic OH excluding ortho intramolecular Hbond substituents is 1. The van der Waals surface area contributed by atoms with Crippen molar-refractivity contribution in [2.45, 2.75) is 51.6 Å². The lowest BCUT2D eigenvalue weighted by Gasteiger charge is -2.15. The van der Waals surface area contributed by atoms with Gasteiger partial charge in [-0.3, -0.25) is 9.59 Å². The van der Waals surface area contributed by atoms with Gasteiger partial charge in [0.1, 0.15) is 11.5 Å². The van der Waals surface area contributed by atoms with E-state index in [0.717, 1.165) is 24.2 Å². The van der Waals surface area contributed by atoms with E-state index in [2.05, 4.69) is 4.74 Å². The van der Waals surface area contributed by atoms with Crippen molar-refractivity contribution in [3.05, 3.63) is 58.7 Å². The maximum atomic E-state index is 13.0. The predicted octanol–water partition coefficient (Wildman–Crippen LogP) is 4.36. The minimum Gasteiger partial charge on any atom is -0.508 e. The van der Waals surface area contributed by atoms with Crippen LogP contribution in [0.15, 0.2) is 36.4 Å². The lowest BCUT2D eigenvalue weighted by Crippen LogP contribution is -2.11. The van der Waals surface area contributed by atoms with Gasteiger partial charge in [-0.15, -0.1) is 0 Å². The van der Waals surface area contributed by atoms with E-state index in [1.54, 1.807) is 18.2 Å². The molecule has 0 atom stereocenters. The van der Waals surface area contributed by atoms with E-state index in [1.165, 1.54) is 26.0 Å². The Morgan fingerprint density at radius 2 is 1.86 bits per heavy atom. The van der Waals surface area contributed by atoms with Gasteiger partial charge in [-0.05, 0) is 86.6 Å². The molecule has 0 heterocycles. The predicted molar refractivity (Wildman–Crippen MR) is 106 cm³/mol. The molecule has 0 spiro atoms. The van der Waals surface area contributed by atoms with Gasteiger partial charge in [0.15, 0.2) is 5.78 Å². The molecule has 0 radical (unpaired) electrons. The second-order valence-corrected chi connectivity index (χ2v) is 7.25. The van der Waals surface area contributed by atoms with Gasteiger partial charge >= 0.3 is 5.97 Å². The van der Waals surface area contributed by atoms with Crippen LogP contribution in [0.4, 0.5) is 0 Å². The number of benzene rings is 2. The van der Waals surface area contributed by atoms with Gasteiger partial charge in [-0.1, -0.05) is 0 Å². The number of aryl methyl sites for hydroxylation is 2. The summed E-state index contributed by atoms with van der Waals surface area (Å²) in [5, 5.41) is 10.0. The van der Waals surface area contributed by atoms with Gasteiger partial charge in [0.2, 0.25) is 0 Å². The molecule has 1 aliphatic rings. The smallest absolute Gasteiger partial charge is 0.305 e. The van der Waals surface area contributed by atoms with E-state index in [1.807, 2.05) is 19.1 Å². The molecular weight excluding hydrogens is 356 g/mol. The lowest BCUT2D eigenvalue weighted by atomic mass is 9.96.